The number of aliphatic carboxylic acids is 2. The summed E-state index contributed by atoms with van der Waals surface area (Å²) in [6.45, 7) is -0.406. The highest BCUT2D eigenvalue weighted by molar-refractivity contribution is 7.13. The van der Waals surface area contributed by atoms with Crippen molar-refractivity contribution in [3.05, 3.63) is 58.0 Å². The number of nitrogen functional groups attached to an aromatic ring is 1. The molecule has 2 aromatic heterocycles. The van der Waals surface area contributed by atoms with Gasteiger partial charge in [0.2, 0.25) is 12.5 Å². The zero-order valence-electron chi connectivity index (χ0n) is 22.2. The fourth-order valence-corrected chi connectivity index (χ4v) is 5.84. The molecule has 3 aliphatic heterocycles. The molecule has 15 nitrogen and oxygen atoms in total. The number of carbonyl (C=O) groups is 5. The molecule has 2 saturated heterocycles. The number of β-lactam (4-membered cyclic amide) rings is 1. The minimum Gasteiger partial charge on any atom is -0.479 e. The number of carboxylic acid groups (broad SMARTS) is 2. The molecule has 0 spiro atoms. The fraction of sp³-hybridized carbons (Fsp3) is 0.308. The minimum absolute atomic E-state index is 0.0169. The van der Waals surface area contributed by atoms with Crippen LogP contribution in [0.15, 0.2) is 51.9 Å². The first-order valence-electron chi connectivity index (χ1n) is 12.8. The summed E-state index contributed by atoms with van der Waals surface area (Å²) in [6, 6.07) is 1.79. The summed E-state index contributed by atoms with van der Waals surface area (Å²) in [5, 5.41) is 29.6. The molecule has 0 saturated carbocycles. The van der Waals surface area contributed by atoms with Crippen LogP contribution >= 0.6 is 11.3 Å². The third-order valence-corrected chi connectivity index (χ3v) is 7.69. The van der Waals surface area contributed by atoms with Crippen LogP contribution < -0.4 is 20.9 Å². The quantitative estimate of drug-likeness (QED) is 0.0794. The number of amides is 3. The maximum Gasteiger partial charge on any atom is 0.352 e. The number of aromatic nitrogens is 2. The molecule has 2 fully saturated rings. The van der Waals surface area contributed by atoms with Crippen molar-refractivity contribution in [2.45, 2.75) is 31.3 Å². The molecule has 218 valence electrons. The van der Waals surface area contributed by atoms with Crippen LogP contribution in [-0.2, 0) is 35.9 Å². The van der Waals surface area contributed by atoms with Crippen molar-refractivity contribution < 1.29 is 43.6 Å². The molecule has 16 heteroatoms. The van der Waals surface area contributed by atoms with Crippen LogP contribution in [0.25, 0.3) is 5.57 Å². The van der Waals surface area contributed by atoms with E-state index in [2.05, 4.69) is 20.8 Å². The molecular weight excluding hydrogens is 570 g/mol. The van der Waals surface area contributed by atoms with Crippen LogP contribution in [0.5, 0.6) is 0 Å². The molecule has 0 unspecified atom stereocenters. The van der Waals surface area contributed by atoms with Crippen LogP contribution in [0.3, 0.4) is 0 Å². The summed E-state index contributed by atoms with van der Waals surface area (Å²) >= 11 is 1.02. The van der Waals surface area contributed by atoms with Crippen LogP contribution in [0.1, 0.15) is 30.5 Å². The van der Waals surface area contributed by atoms with Crippen molar-refractivity contribution in [3.63, 3.8) is 0 Å². The Balaban J connectivity index is 1.47. The normalized spacial score (nSPS) is 21.4. The number of carbonyl (C=O) groups excluding carboxylic acids is 3. The molecule has 0 radical (unpaired) electrons. The Morgan fingerprint density at radius 3 is 2.71 bits per heavy atom. The number of anilines is 1. The molecule has 42 heavy (non-hydrogen) atoms. The van der Waals surface area contributed by atoms with Gasteiger partial charge in [-0.1, -0.05) is 5.16 Å². The van der Waals surface area contributed by atoms with E-state index in [1.807, 2.05) is 0 Å². The highest BCUT2D eigenvalue weighted by Crippen LogP contribution is 2.43. The van der Waals surface area contributed by atoms with Gasteiger partial charge in [-0.05, 0) is 30.9 Å². The van der Waals surface area contributed by atoms with E-state index >= 15 is 0 Å². The van der Waals surface area contributed by atoms with Gasteiger partial charge in [0.05, 0.1) is 6.04 Å². The summed E-state index contributed by atoms with van der Waals surface area (Å²) in [7, 11) is 1.81. The first-order chi connectivity index (χ1) is 20.1. The molecule has 2 aromatic rings. The largest absolute Gasteiger partial charge is 0.479 e. The number of nitrogens with one attached hydrogen (secondary N) is 2. The molecule has 6 N–H and O–H groups in total. The Kier molecular flexibility index (Phi) is 7.71. The van der Waals surface area contributed by atoms with E-state index in [4.69, 9.17) is 15.7 Å². The number of oxime groups is 1. The van der Waals surface area contributed by atoms with Gasteiger partial charge in [0, 0.05) is 34.7 Å². The molecule has 0 aromatic carbocycles. The Labute approximate surface area is 242 Å². The average molecular weight is 597 g/mol. The zero-order chi connectivity index (χ0) is 30.1. The monoisotopic (exact) mass is 596 g/mol. The van der Waals surface area contributed by atoms with Gasteiger partial charge < -0.3 is 31.4 Å². The molecular formula is C26H26N7O8S+. The van der Waals surface area contributed by atoms with Gasteiger partial charge in [-0.3, -0.25) is 19.3 Å². The van der Waals surface area contributed by atoms with Crippen molar-refractivity contribution in [1.29, 1.82) is 0 Å². The molecule has 3 amide bonds. The van der Waals surface area contributed by atoms with Crippen molar-refractivity contribution in [2.75, 3.05) is 18.9 Å². The van der Waals surface area contributed by atoms with Crippen molar-refractivity contribution >= 4 is 57.4 Å². The molecule has 0 bridgehead atoms. The molecule has 2 atom stereocenters. The van der Waals surface area contributed by atoms with Crippen molar-refractivity contribution in [3.8, 4) is 0 Å². The average Bonchev–Trinajstić information content (AvgIpc) is 3.57. The van der Waals surface area contributed by atoms with Gasteiger partial charge in [-0.2, -0.15) is 0 Å². The SMILES string of the molecule is C[n+]1cccc(C(=C2CCNC2=O)C2=C(C(=O)O)N3C(=O)[C@@H](NC(=O)C(=NOCC(=O)O)c4csc(N)n4)[C@H]3CC2)c1. The lowest BCUT2D eigenvalue weighted by Crippen LogP contribution is -2.72. The second-order valence-corrected chi connectivity index (χ2v) is 10.6. The number of aryl methyl sites for hydroxylation is 1. The first-order valence-corrected chi connectivity index (χ1v) is 13.7. The lowest BCUT2D eigenvalue weighted by Gasteiger charge is -2.50. The van der Waals surface area contributed by atoms with E-state index in [0.29, 0.717) is 41.7 Å². The third-order valence-electron chi connectivity index (χ3n) is 7.02. The Hall–Kier alpha value is -5.12. The summed E-state index contributed by atoms with van der Waals surface area (Å²) in [5.41, 5.74) is 6.95. The lowest BCUT2D eigenvalue weighted by atomic mass is 9.79. The van der Waals surface area contributed by atoms with Gasteiger partial charge >= 0.3 is 11.9 Å². The first kappa shape index (κ1) is 28.4. The molecule has 3 aliphatic rings. The van der Waals surface area contributed by atoms with Gasteiger partial charge in [0.25, 0.3) is 11.8 Å². The number of pyridine rings is 1. The van der Waals surface area contributed by atoms with E-state index in [9.17, 15) is 29.1 Å². The number of hydrogen-bond donors (Lipinski definition) is 5. The fourth-order valence-electron chi connectivity index (χ4n) is 5.29. The molecule has 5 rings (SSSR count). The summed E-state index contributed by atoms with van der Waals surface area (Å²) in [6.07, 6.45) is 4.50. The van der Waals surface area contributed by atoms with Crippen molar-refractivity contribution in [2.24, 2.45) is 12.2 Å². The predicted molar refractivity (Wildman–Crippen MR) is 145 cm³/mol. The smallest absolute Gasteiger partial charge is 0.352 e. The number of hydrogen-bond acceptors (Lipinski definition) is 10. The van der Waals surface area contributed by atoms with Crippen LogP contribution in [-0.4, -0.2) is 80.7 Å². The van der Waals surface area contributed by atoms with Crippen LogP contribution in [0.2, 0.25) is 0 Å². The van der Waals surface area contributed by atoms with E-state index in [0.717, 1.165) is 16.2 Å². The number of thiazole rings is 1. The number of nitrogens with zero attached hydrogens (tertiary/aromatic N) is 4. The lowest BCUT2D eigenvalue weighted by molar-refractivity contribution is -0.671. The molecule has 0 aliphatic carbocycles. The maximum atomic E-state index is 13.4. The number of carboxylic acids is 2. The second-order valence-electron chi connectivity index (χ2n) is 9.69. The van der Waals surface area contributed by atoms with E-state index in [1.54, 1.807) is 36.1 Å². The molecule has 5 heterocycles. The highest BCUT2D eigenvalue weighted by Gasteiger charge is 2.54. The zero-order valence-corrected chi connectivity index (χ0v) is 23.0. The minimum atomic E-state index is -1.34. The number of nitrogens with two attached hydrogens (primary N) is 1. The van der Waals surface area contributed by atoms with Gasteiger partial charge in [0.15, 0.2) is 23.2 Å². The summed E-state index contributed by atoms with van der Waals surface area (Å²) in [4.78, 5) is 72.6. The highest BCUT2D eigenvalue weighted by atomic mass is 32.1. The summed E-state index contributed by atoms with van der Waals surface area (Å²) < 4.78 is 1.78. The van der Waals surface area contributed by atoms with Crippen LogP contribution in [0.4, 0.5) is 5.13 Å². The van der Waals surface area contributed by atoms with Gasteiger partial charge in [0.1, 0.15) is 24.5 Å². The maximum absolute atomic E-state index is 13.4. The third kappa shape index (κ3) is 5.30. The van der Waals surface area contributed by atoms with E-state index in [1.165, 1.54) is 5.38 Å². The van der Waals surface area contributed by atoms with Crippen LogP contribution in [0, 0.1) is 0 Å². The number of allylic oxidation sites excluding steroid dienone is 2. The Bertz CT molecular complexity index is 1610. The standard InChI is InChI=1S/C26H25N7O8S/c1-32-8-2-3-12(9-32)18(14-6-7-28-22(14)36)13-4-5-16-20(24(38)33(16)21(13)25(39)40)30-23(37)19(31-41-10-17(34)35)15-11-42-26(27)29-15/h2-3,8-9,11,16,20H,4-7,10H2,1H3,(H5-,27,28,29,30,34,35,36,37,39,40)/p+1/t16-,20+/m1/s1. The predicted octanol–water partition coefficient (Wildman–Crippen LogP) is -0.843. The van der Waals surface area contributed by atoms with Gasteiger partial charge in [-0.25, -0.2) is 19.1 Å². The number of rotatable bonds is 9. The second kappa shape index (κ2) is 11.4. The number of fused-ring (bicyclic) bond motifs is 1. The Morgan fingerprint density at radius 1 is 1.31 bits per heavy atom. The topological polar surface area (TPSA) is 217 Å². The van der Waals surface area contributed by atoms with Crippen molar-refractivity contribution in [1.82, 2.24) is 20.5 Å². The van der Waals surface area contributed by atoms with Gasteiger partial charge in [-0.15, -0.1) is 11.3 Å². The van der Waals surface area contributed by atoms with E-state index in [-0.39, 0.29) is 28.9 Å². The van der Waals surface area contributed by atoms with E-state index < -0.39 is 48.2 Å². The summed E-state index contributed by atoms with van der Waals surface area (Å²) in [5.74, 6) is -4.49. The Morgan fingerprint density at radius 2 is 2.10 bits per heavy atom.